The molecule has 0 bridgehead atoms. The van der Waals surface area contributed by atoms with E-state index >= 15 is 0 Å². The van der Waals surface area contributed by atoms with Crippen molar-refractivity contribution in [3.05, 3.63) is 64.7 Å². The van der Waals surface area contributed by atoms with Crippen molar-refractivity contribution in [2.45, 2.75) is 13.5 Å². The summed E-state index contributed by atoms with van der Waals surface area (Å²) in [5, 5.41) is 5.91. The van der Waals surface area contributed by atoms with Crippen LogP contribution < -0.4 is 16.4 Å². The van der Waals surface area contributed by atoms with E-state index in [0.29, 0.717) is 12.1 Å². The summed E-state index contributed by atoms with van der Waals surface area (Å²) in [6.07, 6.45) is 0. The van der Waals surface area contributed by atoms with Crippen molar-refractivity contribution in [3.63, 3.8) is 0 Å². The predicted molar refractivity (Wildman–Crippen MR) is 89.1 cm³/mol. The summed E-state index contributed by atoms with van der Waals surface area (Å²) in [4.78, 5) is 11.0. The maximum Gasteiger partial charge on any atom is 0.248 e. The normalized spacial score (nSPS) is 10.2. The Kier molecular flexibility index (Phi) is 5.23. The molecule has 2 aromatic carbocycles. The number of thiocarbonyl (C=S) groups is 1. The summed E-state index contributed by atoms with van der Waals surface area (Å²) < 4.78 is 26.7. The molecule has 0 spiro atoms. The highest BCUT2D eigenvalue weighted by molar-refractivity contribution is 7.80. The minimum Gasteiger partial charge on any atom is -0.366 e. The number of benzene rings is 2. The first-order valence-corrected chi connectivity index (χ1v) is 7.17. The second-order valence-electron chi connectivity index (χ2n) is 4.93. The van der Waals surface area contributed by atoms with Gasteiger partial charge in [-0.05, 0) is 42.9 Å². The quantitative estimate of drug-likeness (QED) is 0.752. The number of carbonyl (C=O) groups excluding carboxylic acids is 1. The Bertz CT molecular complexity index is 748. The Labute approximate surface area is 137 Å². The van der Waals surface area contributed by atoms with E-state index in [1.165, 1.54) is 13.0 Å². The lowest BCUT2D eigenvalue weighted by atomic mass is 10.1. The average Bonchev–Trinajstić information content (AvgIpc) is 2.50. The second-order valence-corrected chi connectivity index (χ2v) is 5.34. The maximum absolute atomic E-state index is 13.5. The van der Waals surface area contributed by atoms with Gasteiger partial charge in [-0.15, -0.1) is 0 Å². The van der Waals surface area contributed by atoms with E-state index in [0.717, 1.165) is 11.6 Å². The monoisotopic (exact) mass is 335 g/mol. The molecule has 120 valence electrons. The molecular formula is C16H15F2N3OS. The first kappa shape index (κ1) is 16.8. The van der Waals surface area contributed by atoms with Gasteiger partial charge in [0.25, 0.3) is 0 Å². The highest BCUT2D eigenvalue weighted by Gasteiger charge is 2.08. The molecule has 0 aromatic heterocycles. The standard InChI is InChI=1S/C16H15F2N3OS/c1-9-13(18)6-12(17)7-14(9)21-16(23)20-8-10-2-4-11(5-3-10)15(19)22/h2-7H,8H2,1H3,(H2,19,22)(H2,20,21,23). The molecule has 0 aliphatic heterocycles. The molecule has 0 aliphatic rings. The van der Waals surface area contributed by atoms with Crippen LogP contribution in [-0.2, 0) is 6.54 Å². The van der Waals surface area contributed by atoms with Crippen molar-refractivity contribution in [1.82, 2.24) is 5.32 Å². The van der Waals surface area contributed by atoms with Gasteiger partial charge in [-0.2, -0.15) is 0 Å². The van der Waals surface area contributed by atoms with Crippen LogP contribution in [0.25, 0.3) is 0 Å². The summed E-state index contributed by atoms with van der Waals surface area (Å²) in [7, 11) is 0. The van der Waals surface area contributed by atoms with Crippen molar-refractivity contribution < 1.29 is 13.6 Å². The smallest absolute Gasteiger partial charge is 0.248 e. The van der Waals surface area contributed by atoms with Crippen molar-refractivity contribution in [2.75, 3.05) is 5.32 Å². The highest BCUT2D eigenvalue weighted by atomic mass is 32.1. The third-order valence-corrected chi connectivity index (χ3v) is 3.50. The van der Waals surface area contributed by atoms with E-state index in [-0.39, 0.29) is 16.4 Å². The van der Waals surface area contributed by atoms with E-state index in [9.17, 15) is 13.6 Å². The van der Waals surface area contributed by atoms with E-state index in [4.69, 9.17) is 18.0 Å². The number of hydrogen-bond acceptors (Lipinski definition) is 2. The second kappa shape index (κ2) is 7.15. The van der Waals surface area contributed by atoms with Crippen LogP contribution in [-0.4, -0.2) is 11.0 Å². The lowest BCUT2D eigenvalue weighted by molar-refractivity contribution is 0.100. The summed E-state index contributed by atoms with van der Waals surface area (Å²) in [6, 6.07) is 8.70. The molecule has 0 radical (unpaired) electrons. The molecule has 7 heteroatoms. The average molecular weight is 335 g/mol. The van der Waals surface area contributed by atoms with E-state index in [2.05, 4.69) is 10.6 Å². The number of nitrogens with two attached hydrogens (primary N) is 1. The van der Waals surface area contributed by atoms with Gasteiger partial charge in [-0.25, -0.2) is 8.78 Å². The summed E-state index contributed by atoms with van der Waals surface area (Å²) >= 11 is 5.11. The molecule has 0 fully saturated rings. The maximum atomic E-state index is 13.5. The molecule has 1 amide bonds. The van der Waals surface area contributed by atoms with Crippen LogP contribution in [0.1, 0.15) is 21.5 Å². The Balaban J connectivity index is 1.96. The minimum atomic E-state index is -0.680. The fraction of sp³-hybridized carbons (Fsp3) is 0.125. The van der Waals surface area contributed by atoms with Crippen LogP contribution in [0.2, 0.25) is 0 Å². The fourth-order valence-corrected chi connectivity index (χ4v) is 2.09. The van der Waals surface area contributed by atoms with Gasteiger partial charge in [0.2, 0.25) is 5.91 Å². The number of rotatable bonds is 4. The molecule has 0 heterocycles. The van der Waals surface area contributed by atoms with Gasteiger partial charge in [0.1, 0.15) is 11.6 Å². The molecule has 4 nitrogen and oxygen atoms in total. The van der Waals surface area contributed by atoms with Gasteiger partial charge in [0, 0.05) is 29.4 Å². The van der Waals surface area contributed by atoms with Gasteiger partial charge in [0.05, 0.1) is 0 Å². The van der Waals surface area contributed by atoms with Gasteiger partial charge in [-0.3, -0.25) is 4.79 Å². The number of halogens is 2. The van der Waals surface area contributed by atoms with E-state index < -0.39 is 17.5 Å². The minimum absolute atomic E-state index is 0.233. The van der Waals surface area contributed by atoms with Gasteiger partial charge in [0.15, 0.2) is 5.11 Å². The molecule has 4 N–H and O–H groups in total. The zero-order chi connectivity index (χ0) is 17.0. The SMILES string of the molecule is Cc1c(F)cc(F)cc1NC(=S)NCc1ccc(C(N)=O)cc1. The van der Waals surface area contributed by atoms with Crippen molar-refractivity contribution >= 4 is 28.9 Å². The van der Waals surface area contributed by atoms with Crippen LogP contribution >= 0.6 is 12.2 Å². The third kappa shape index (κ3) is 4.46. The molecule has 0 atom stereocenters. The van der Waals surface area contributed by atoms with Gasteiger partial charge < -0.3 is 16.4 Å². The Morgan fingerprint density at radius 1 is 1.22 bits per heavy atom. The van der Waals surface area contributed by atoms with Crippen LogP contribution in [0.15, 0.2) is 36.4 Å². The molecular weight excluding hydrogens is 320 g/mol. The lowest BCUT2D eigenvalue weighted by Gasteiger charge is -2.13. The highest BCUT2D eigenvalue weighted by Crippen LogP contribution is 2.19. The number of anilines is 1. The molecule has 0 saturated heterocycles. The number of nitrogens with one attached hydrogen (secondary N) is 2. The van der Waals surface area contributed by atoms with E-state index in [1.54, 1.807) is 24.3 Å². The lowest BCUT2D eigenvalue weighted by Crippen LogP contribution is -2.28. The van der Waals surface area contributed by atoms with Gasteiger partial charge in [-0.1, -0.05) is 12.1 Å². The van der Waals surface area contributed by atoms with Crippen LogP contribution in [0.3, 0.4) is 0 Å². The van der Waals surface area contributed by atoms with Gasteiger partial charge >= 0.3 is 0 Å². The predicted octanol–water partition coefficient (Wildman–Crippen LogP) is 2.86. The molecule has 0 saturated carbocycles. The van der Waals surface area contributed by atoms with Crippen LogP contribution in [0.4, 0.5) is 14.5 Å². The van der Waals surface area contributed by atoms with Crippen LogP contribution in [0, 0.1) is 18.6 Å². The summed E-state index contributed by atoms with van der Waals surface area (Å²) in [6.45, 7) is 1.92. The number of amides is 1. The molecule has 23 heavy (non-hydrogen) atoms. The third-order valence-electron chi connectivity index (χ3n) is 3.25. The molecule has 2 aromatic rings. The van der Waals surface area contributed by atoms with E-state index in [1.807, 2.05) is 0 Å². The fourth-order valence-electron chi connectivity index (χ4n) is 1.91. The Hall–Kier alpha value is -2.54. The van der Waals surface area contributed by atoms with Crippen molar-refractivity contribution in [2.24, 2.45) is 5.73 Å². The first-order chi connectivity index (χ1) is 10.9. The zero-order valence-corrected chi connectivity index (χ0v) is 13.1. The summed E-state index contributed by atoms with van der Waals surface area (Å²) in [5.41, 5.74) is 7.00. The largest absolute Gasteiger partial charge is 0.366 e. The number of carbonyl (C=O) groups is 1. The number of hydrogen-bond donors (Lipinski definition) is 3. The zero-order valence-electron chi connectivity index (χ0n) is 12.3. The van der Waals surface area contributed by atoms with Crippen molar-refractivity contribution in [1.29, 1.82) is 0 Å². The molecule has 0 aliphatic carbocycles. The van der Waals surface area contributed by atoms with Crippen LogP contribution in [0.5, 0.6) is 0 Å². The summed E-state index contributed by atoms with van der Waals surface area (Å²) in [5.74, 6) is -1.82. The topological polar surface area (TPSA) is 67.2 Å². The van der Waals surface area contributed by atoms with Crippen molar-refractivity contribution in [3.8, 4) is 0 Å². The number of primary amides is 1. The Morgan fingerprint density at radius 2 is 1.87 bits per heavy atom. The molecule has 0 unspecified atom stereocenters. The Morgan fingerprint density at radius 3 is 2.48 bits per heavy atom. The molecule has 2 rings (SSSR count). The first-order valence-electron chi connectivity index (χ1n) is 6.76.